The van der Waals surface area contributed by atoms with Gasteiger partial charge in [-0.25, -0.2) is 0 Å². The summed E-state index contributed by atoms with van der Waals surface area (Å²) in [5.74, 6) is -0.203. The Morgan fingerprint density at radius 3 is 2.50 bits per heavy atom. The van der Waals surface area contributed by atoms with E-state index in [-0.39, 0.29) is 18.4 Å². The van der Waals surface area contributed by atoms with E-state index in [0.29, 0.717) is 15.7 Å². The standard InChI is InChI=1S/C15H14Cl2N2O/c16-11-7-4-8-13(15(11)17)19-14(20)9-12(18)10-5-2-1-3-6-10/h1-8,12H,9,18H2,(H,19,20). The van der Waals surface area contributed by atoms with Crippen molar-refractivity contribution in [1.82, 2.24) is 0 Å². The largest absolute Gasteiger partial charge is 0.325 e. The number of hydrogen-bond donors (Lipinski definition) is 2. The first kappa shape index (κ1) is 14.9. The molecule has 0 aliphatic heterocycles. The summed E-state index contributed by atoms with van der Waals surface area (Å²) in [5.41, 5.74) is 7.40. The van der Waals surface area contributed by atoms with Crippen LogP contribution in [0.2, 0.25) is 10.0 Å². The van der Waals surface area contributed by atoms with Gasteiger partial charge in [0.05, 0.1) is 15.7 Å². The number of carbonyl (C=O) groups excluding carboxylic acids is 1. The molecule has 1 atom stereocenters. The Hall–Kier alpha value is -1.55. The summed E-state index contributed by atoms with van der Waals surface area (Å²) >= 11 is 11.9. The number of rotatable bonds is 4. The van der Waals surface area contributed by atoms with Gasteiger partial charge in [-0.05, 0) is 17.7 Å². The Balaban J connectivity index is 2.01. The van der Waals surface area contributed by atoms with E-state index < -0.39 is 0 Å². The smallest absolute Gasteiger partial charge is 0.226 e. The zero-order valence-electron chi connectivity index (χ0n) is 10.6. The SMILES string of the molecule is NC(CC(=O)Nc1cccc(Cl)c1Cl)c1ccccc1. The van der Waals surface area contributed by atoms with E-state index in [0.717, 1.165) is 5.56 Å². The van der Waals surface area contributed by atoms with E-state index >= 15 is 0 Å². The highest BCUT2D eigenvalue weighted by molar-refractivity contribution is 6.43. The highest BCUT2D eigenvalue weighted by Gasteiger charge is 2.13. The van der Waals surface area contributed by atoms with Crippen molar-refractivity contribution in [3.05, 3.63) is 64.1 Å². The quantitative estimate of drug-likeness (QED) is 0.896. The fraction of sp³-hybridized carbons (Fsp3) is 0.133. The normalized spacial score (nSPS) is 11.9. The van der Waals surface area contributed by atoms with Gasteiger partial charge in [0.2, 0.25) is 5.91 Å². The third kappa shape index (κ3) is 3.73. The lowest BCUT2D eigenvalue weighted by molar-refractivity contribution is -0.116. The number of nitrogens with two attached hydrogens (primary N) is 1. The molecule has 0 saturated carbocycles. The average molecular weight is 309 g/mol. The van der Waals surface area contributed by atoms with E-state index in [1.165, 1.54) is 0 Å². The van der Waals surface area contributed by atoms with Gasteiger partial charge in [0, 0.05) is 12.5 Å². The molecule has 104 valence electrons. The van der Waals surface area contributed by atoms with Crippen LogP contribution in [0.15, 0.2) is 48.5 Å². The van der Waals surface area contributed by atoms with E-state index in [9.17, 15) is 4.79 Å². The average Bonchev–Trinajstić information content (AvgIpc) is 2.45. The van der Waals surface area contributed by atoms with Crippen LogP contribution >= 0.6 is 23.2 Å². The molecule has 3 N–H and O–H groups in total. The van der Waals surface area contributed by atoms with Crippen LogP contribution < -0.4 is 11.1 Å². The van der Waals surface area contributed by atoms with Gasteiger partial charge in [-0.3, -0.25) is 4.79 Å². The number of carbonyl (C=O) groups is 1. The molecule has 20 heavy (non-hydrogen) atoms. The lowest BCUT2D eigenvalue weighted by atomic mass is 10.0. The van der Waals surface area contributed by atoms with Gasteiger partial charge in [0.1, 0.15) is 0 Å². The van der Waals surface area contributed by atoms with Crippen molar-refractivity contribution in [2.75, 3.05) is 5.32 Å². The van der Waals surface area contributed by atoms with E-state index in [4.69, 9.17) is 28.9 Å². The van der Waals surface area contributed by atoms with Crippen LogP contribution in [-0.4, -0.2) is 5.91 Å². The molecule has 2 rings (SSSR count). The molecule has 0 aromatic heterocycles. The molecular weight excluding hydrogens is 295 g/mol. The van der Waals surface area contributed by atoms with Crippen molar-refractivity contribution >= 4 is 34.8 Å². The highest BCUT2D eigenvalue weighted by Crippen LogP contribution is 2.29. The van der Waals surface area contributed by atoms with Gasteiger partial charge < -0.3 is 11.1 Å². The minimum Gasteiger partial charge on any atom is -0.325 e. The molecule has 3 nitrogen and oxygen atoms in total. The van der Waals surface area contributed by atoms with Gasteiger partial charge >= 0.3 is 0 Å². The second-order valence-corrected chi connectivity index (χ2v) is 5.16. The van der Waals surface area contributed by atoms with Gasteiger partial charge in [-0.1, -0.05) is 59.6 Å². The van der Waals surface area contributed by atoms with Crippen LogP contribution in [0.25, 0.3) is 0 Å². The second kappa shape index (κ2) is 6.75. The van der Waals surface area contributed by atoms with E-state index in [2.05, 4.69) is 5.32 Å². The molecule has 0 radical (unpaired) electrons. The molecule has 0 spiro atoms. The molecule has 0 bridgehead atoms. The second-order valence-electron chi connectivity index (χ2n) is 4.37. The maximum Gasteiger partial charge on any atom is 0.226 e. The topological polar surface area (TPSA) is 55.1 Å². The van der Waals surface area contributed by atoms with Crippen LogP contribution in [0, 0.1) is 0 Å². The molecule has 0 fully saturated rings. The molecule has 2 aromatic carbocycles. The number of amides is 1. The third-order valence-electron chi connectivity index (χ3n) is 2.86. The predicted octanol–water partition coefficient (Wildman–Crippen LogP) is 4.02. The fourth-order valence-corrected chi connectivity index (χ4v) is 2.17. The van der Waals surface area contributed by atoms with Gasteiger partial charge in [0.15, 0.2) is 0 Å². The van der Waals surface area contributed by atoms with E-state index in [1.54, 1.807) is 18.2 Å². The van der Waals surface area contributed by atoms with Crippen molar-refractivity contribution in [3.63, 3.8) is 0 Å². The Morgan fingerprint density at radius 1 is 1.10 bits per heavy atom. The maximum absolute atomic E-state index is 12.0. The zero-order chi connectivity index (χ0) is 14.5. The summed E-state index contributed by atoms with van der Waals surface area (Å²) in [6.45, 7) is 0. The summed E-state index contributed by atoms with van der Waals surface area (Å²) < 4.78 is 0. The predicted molar refractivity (Wildman–Crippen MR) is 83.1 cm³/mol. The van der Waals surface area contributed by atoms with Crippen LogP contribution in [0.3, 0.4) is 0 Å². The Bertz CT molecular complexity index is 602. The van der Waals surface area contributed by atoms with Crippen LogP contribution in [0.1, 0.15) is 18.0 Å². The van der Waals surface area contributed by atoms with Crippen LogP contribution in [0.5, 0.6) is 0 Å². The van der Waals surface area contributed by atoms with Gasteiger partial charge in [0.25, 0.3) is 0 Å². The summed E-state index contributed by atoms with van der Waals surface area (Å²) in [7, 11) is 0. The molecule has 5 heteroatoms. The lowest BCUT2D eigenvalue weighted by Gasteiger charge is -2.13. The first-order chi connectivity index (χ1) is 9.58. The van der Waals surface area contributed by atoms with Gasteiger partial charge in [-0.2, -0.15) is 0 Å². The minimum atomic E-state index is -0.353. The first-order valence-corrected chi connectivity index (χ1v) is 6.88. The molecule has 2 aromatic rings. The van der Waals surface area contributed by atoms with Crippen molar-refractivity contribution in [2.45, 2.75) is 12.5 Å². The Morgan fingerprint density at radius 2 is 1.80 bits per heavy atom. The Kier molecular flexibility index (Phi) is 5.01. The van der Waals surface area contributed by atoms with Crippen LogP contribution in [-0.2, 0) is 4.79 Å². The molecule has 1 unspecified atom stereocenters. The fourth-order valence-electron chi connectivity index (χ4n) is 1.82. The summed E-state index contributed by atoms with van der Waals surface area (Å²) in [6.07, 6.45) is 0.173. The van der Waals surface area contributed by atoms with Gasteiger partial charge in [-0.15, -0.1) is 0 Å². The van der Waals surface area contributed by atoms with Crippen molar-refractivity contribution < 1.29 is 4.79 Å². The molecular formula is C15H14Cl2N2O. The van der Waals surface area contributed by atoms with Crippen LogP contribution in [0.4, 0.5) is 5.69 Å². The number of halogens is 2. The first-order valence-electron chi connectivity index (χ1n) is 6.12. The number of hydrogen-bond acceptors (Lipinski definition) is 2. The summed E-state index contributed by atoms with van der Waals surface area (Å²) in [4.78, 5) is 12.0. The highest BCUT2D eigenvalue weighted by atomic mass is 35.5. The molecule has 1 amide bonds. The molecule has 0 saturated heterocycles. The van der Waals surface area contributed by atoms with Crippen molar-refractivity contribution in [1.29, 1.82) is 0 Å². The number of nitrogens with one attached hydrogen (secondary N) is 1. The zero-order valence-corrected chi connectivity index (χ0v) is 12.2. The minimum absolute atomic E-state index is 0.173. The van der Waals surface area contributed by atoms with E-state index in [1.807, 2.05) is 30.3 Å². The summed E-state index contributed by atoms with van der Waals surface area (Å²) in [6, 6.07) is 14.2. The molecule has 0 heterocycles. The van der Waals surface area contributed by atoms with Crippen molar-refractivity contribution in [2.24, 2.45) is 5.73 Å². The number of benzene rings is 2. The Labute approximate surface area is 127 Å². The summed E-state index contributed by atoms with van der Waals surface area (Å²) in [5, 5.41) is 3.45. The molecule has 0 aliphatic rings. The van der Waals surface area contributed by atoms with Crippen molar-refractivity contribution in [3.8, 4) is 0 Å². The third-order valence-corrected chi connectivity index (χ3v) is 3.68. The maximum atomic E-state index is 12.0. The molecule has 0 aliphatic carbocycles. The monoisotopic (exact) mass is 308 g/mol. The lowest BCUT2D eigenvalue weighted by Crippen LogP contribution is -2.20. The number of anilines is 1.